The predicted molar refractivity (Wildman–Crippen MR) is 55.5 cm³/mol. The Morgan fingerprint density at radius 3 is 2.93 bits per heavy atom. The van der Waals surface area contributed by atoms with Gasteiger partial charge in [-0.05, 0) is 18.2 Å². The van der Waals surface area contributed by atoms with E-state index in [0.717, 1.165) is 17.7 Å². The summed E-state index contributed by atoms with van der Waals surface area (Å²) in [6.45, 7) is 2.02. The fraction of sp³-hybridized carbons (Fsp3) is 0.400. The number of rotatable bonds is 3. The summed E-state index contributed by atoms with van der Waals surface area (Å²) < 4.78 is 19.2. The molecule has 0 atom stereocenters. The smallest absolute Gasteiger partial charge is 0.127 e. The molecule has 0 amide bonds. The second kappa shape index (κ2) is 4.38. The number of benzene rings is 1. The Kier molecular flexibility index (Phi) is 3.15. The third-order valence-corrected chi connectivity index (χ3v) is 2.72. The number of hydrogen-bond acceptors (Lipinski definition) is 2. The summed E-state index contributed by atoms with van der Waals surface area (Å²) >= 11 is 3.32. The van der Waals surface area contributed by atoms with E-state index in [-0.39, 0.29) is 5.82 Å². The molecule has 0 aliphatic carbocycles. The topological polar surface area (TPSA) is 21.3 Å². The first-order chi connectivity index (χ1) is 6.75. The van der Waals surface area contributed by atoms with Crippen molar-refractivity contribution in [3.63, 3.8) is 0 Å². The molecule has 4 heteroatoms. The van der Waals surface area contributed by atoms with Crippen molar-refractivity contribution in [2.75, 3.05) is 13.2 Å². The monoisotopic (exact) mass is 259 g/mol. The lowest BCUT2D eigenvalue weighted by molar-refractivity contribution is -0.00588. The van der Waals surface area contributed by atoms with Gasteiger partial charge in [0.25, 0.3) is 0 Å². The highest BCUT2D eigenvalue weighted by Gasteiger charge is 2.17. The largest absolute Gasteiger partial charge is 0.378 e. The van der Waals surface area contributed by atoms with Gasteiger partial charge in [0.1, 0.15) is 5.82 Å². The zero-order valence-corrected chi connectivity index (χ0v) is 9.18. The molecule has 0 bridgehead atoms. The van der Waals surface area contributed by atoms with Crippen molar-refractivity contribution in [3.05, 3.63) is 34.1 Å². The van der Waals surface area contributed by atoms with Crippen molar-refractivity contribution in [2.24, 2.45) is 0 Å². The third-order valence-electron chi connectivity index (χ3n) is 2.23. The van der Waals surface area contributed by atoms with Crippen LogP contribution in [0.2, 0.25) is 0 Å². The highest BCUT2D eigenvalue weighted by atomic mass is 79.9. The minimum atomic E-state index is -0.166. The van der Waals surface area contributed by atoms with Gasteiger partial charge >= 0.3 is 0 Å². The molecule has 2 nitrogen and oxygen atoms in total. The van der Waals surface area contributed by atoms with Gasteiger partial charge in [-0.3, -0.25) is 0 Å². The van der Waals surface area contributed by atoms with Gasteiger partial charge in [-0.1, -0.05) is 15.9 Å². The summed E-state index contributed by atoms with van der Waals surface area (Å²) in [5.74, 6) is -0.166. The van der Waals surface area contributed by atoms with E-state index in [1.54, 1.807) is 12.1 Å². The molecule has 1 aromatic rings. The summed E-state index contributed by atoms with van der Waals surface area (Å²) in [4.78, 5) is 0. The van der Waals surface area contributed by atoms with Crippen LogP contribution in [-0.4, -0.2) is 19.3 Å². The fourth-order valence-electron chi connectivity index (χ4n) is 1.29. The van der Waals surface area contributed by atoms with Crippen molar-refractivity contribution in [1.82, 2.24) is 5.32 Å². The molecule has 0 radical (unpaired) electrons. The molecule has 2 rings (SSSR count). The Labute approximate surface area is 90.6 Å². The molecule has 1 aliphatic rings. The van der Waals surface area contributed by atoms with Crippen LogP contribution in [0.15, 0.2) is 22.7 Å². The second-order valence-corrected chi connectivity index (χ2v) is 4.27. The maximum atomic E-state index is 13.2. The van der Waals surface area contributed by atoms with Crippen LogP contribution >= 0.6 is 15.9 Å². The lowest BCUT2D eigenvalue weighted by atomic mass is 10.2. The Hall–Kier alpha value is -0.450. The van der Waals surface area contributed by atoms with E-state index >= 15 is 0 Å². The molecule has 1 aliphatic heterocycles. The molecule has 1 N–H and O–H groups in total. The maximum absolute atomic E-state index is 13.2. The Balaban J connectivity index is 1.96. The lowest BCUT2D eigenvalue weighted by Crippen LogP contribution is -2.45. The van der Waals surface area contributed by atoms with Gasteiger partial charge in [0.15, 0.2) is 0 Å². The molecule has 1 saturated heterocycles. The normalized spacial score (nSPS) is 16.7. The first-order valence-electron chi connectivity index (χ1n) is 4.51. The van der Waals surface area contributed by atoms with Crippen molar-refractivity contribution in [3.8, 4) is 0 Å². The summed E-state index contributed by atoms with van der Waals surface area (Å²) in [5, 5.41) is 3.22. The zero-order valence-electron chi connectivity index (χ0n) is 7.59. The van der Waals surface area contributed by atoms with Crippen LogP contribution < -0.4 is 5.32 Å². The van der Waals surface area contributed by atoms with Crippen LogP contribution in [-0.2, 0) is 11.3 Å². The van der Waals surface area contributed by atoms with Gasteiger partial charge in [0.05, 0.1) is 19.3 Å². The minimum absolute atomic E-state index is 0.166. The Bertz CT molecular complexity index is 328. The van der Waals surface area contributed by atoms with E-state index in [9.17, 15) is 4.39 Å². The Morgan fingerprint density at radius 1 is 1.50 bits per heavy atom. The maximum Gasteiger partial charge on any atom is 0.127 e. The quantitative estimate of drug-likeness (QED) is 0.898. The average molecular weight is 260 g/mol. The Morgan fingerprint density at radius 2 is 2.29 bits per heavy atom. The van der Waals surface area contributed by atoms with E-state index in [1.807, 2.05) is 0 Å². The second-order valence-electron chi connectivity index (χ2n) is 3.35. The molecule has 14 heavy (non-hydrogen) atoms. The average Bonchev–Trinajstić information content (AvgIpc) is 2.08. The van der Waals surface area contributed by atoms with E-state index in [4.69, 9.17) is 4.74 Å². The molecule has 0 spiro atoms. The van der Waals surface area contributed by atoms with Gasteiger partial charge in [0, 0.05) is 16.6 Å². The van der Waals surface area contributed by atoms with Gasteiger partial charge < -0.3 is 10.1 Å². The number of ether oxygens (including phenoxy) is 1. The first kappa shape index (κ1) is 10.1. The molecule has 1 fully saturated rings. The van der Waals surface area contributed by atoms with Gasteiger partial charge in [-0.2, -0.15) is 0 Å². The van der Waals surface area contributed by atoms with Crippen LogP contribution in [0, 0.1) is 5.82 Å². The highest BCUT2D eigenvalue weighted by molar-refractivity contribution is 9.10. The van der Waals surface area contributed by atoms with Crippen molar-refractivity contribution < 1.29 is 9.13 Å². The summed E-state index contributed by atoms with van der Waals surface area (Å²) in [5.41, 5.74) is 0.686. The molecular weight excluding hydrogens is 249 g/mol. The molecular formula is C10H11BrFNO. The van der Waals surface area contributed by atoms with Crippen molar-refractivity contribution in [2.45, 2.75) is 12.6 Å². The van der Waals surface area contributed by atoms with E-state index < -0.39 is 0 Å². The highest BCUT2D eigenvalue weighted by Crippen LogP contribution is 2.15. The molecule has 0 saturated carbocycles. The molecule has 76 valence electrons. The number of nitrogens with one attached hydrogen (secondary N) is 1. The minimum Gasteiger partial charge on any atom is -0.378 e. The van der Waals surface area contributed by atoms with E-state index in [0.29, 0.717) is 18.2 Å². The fourth-order valence-corrected chi connectivity index (χ4v) is 1.70. The van der Waals surface area contributed by atoms with Crippen molar-refractivity contribution >= 4 is 15.9 Å². The summed E-state index contributed by atoms with van der Waals surface area (Å²) in [7, 11) is 0. The predicted octanol–water partition coefficient (Wildman–Crippen LogP) is 2.08. The first-order valence-corrected chi connectivity index (χ1v) is 5.30. The van der Waals surface area contributed by atoms with Gasteiger partial charge in [-0.15, -0.1) is 0 Å². The molecule has 1 aromatic carbocycles. The molecule has 0 unspecified atom stereocenters. The summed E-state index contributed by atoms with van der Waals surface area (Å²) in [6.07, 6.45) is 0. The summed E-state index contributed by atoms with van der Waals surface area (Å²) in [6, 6.07) is 5.35. The number of hydrogen-bond donors (Lipinski definition) is 1. The number of halogens is 2. The van der Waals surface area contributed by atoms with Crippen LogP contribution in [0.1, 0.15) is 5.56 Å². The zero-order chi connectivity index (χ0) is 9.97. The van der Waals surface area contributed by atoms with Crippen LogP contribution in [0.5, 0.6) is 0 Å². The van der Waals surface area contributed by atoms with Crippen LogP contribution in [0.25, 0.3) is 0 Å². The van der Waals surface area contributed by atoms with Crippen molar-refractivity contribution in [1.29, 1.82) is 0 Å². The van der Waals surface area contributed by atoms with E-state index in [2.05, 4.69) is 21.2 Å². The molecule has 1 heterocycles. The lowest BCUT2D eigenvalue weighted by Gasteiger charge is -2.27. The van der Waals surface area contributed by atoms with Gasteiger partial charge in [0.2, 0.25) is 0 Å². The standard InChI is InChI=1S/C10H11BrFNO/c11-8-1-2-10(12)7(3-8)4-13-9-5-14-6-9/h1-3,9,13H,4-6H2. The SMILES string of the molecule is Fc1ccc(Br)cc1CNC1COC1. The van der Waals surface area contributed by atoms with E-state index in [1.165, 1.54) is 6.07 Å². The van der Waals surface area contributed by atoms with Gasteiger partial charge in [-0.25, -0.2) is 4.39 Å². The molecule has 0 aromatic heterocycles. The third kappa shape index (κ3) is 2.32. The van der Waals surface area contributed by atoms with Crippen LogP contribution in [0.3, 0.4) is 0 Å². The van der Waals surface area contributed by atoms with Crippen LogP contribution in [0.4, 0.5) is 4.39 Å².